The van der Waals surface area contributed by atoms with Crippen molar-refractivity contribution >= 4 is 23.2 Å². The molecule has 1 saturated heterocycles. The summed E-state index contributed by atoms with van der Waals surface area (Å²) in [6.07, 6.45) is 0.304. The molecule has 1 amide bonds. The Morgan fingerprint density at radius 1 is 1.04 bits per heavy atom. The molecular weight excluding hydrogens is 353 g/mol. The highest BCUT2D eigenvalue weighted by Gasteiger charge is 2.17. The quantitative estimate of drug-likeness (QED) is 0.843. The van der Waals surface area contributed by atoms with E-state index < -0.39 is 0 Å². The Labute approximate surface area is 158 Å². The lowest BCUT2D eigenvalue weighted by atomic mass is 10.1. The van der Waals surface area contributed by atoms with Crippen LogP contribution in [-0.4, -0.2) is 50.1 Å². The van der Waals surface area contributed by atoms with Gasteiger partial charge in [0, 0.05) is 50.0 Å². The van der Waals surface area contributed by atoms with Gasteiger partial charge in [-0.15, -0.1) is 0 Å². The first-order valence-electron chi connectivity index (χ1n) is 8.85. The lowest BCUT2D eigenvalue weighted by molar-refractivity contribution is -0.120. The number of piperazine rings is 1. The lowest BCUT2D eigenvalue weighted by Gasteiger charge is -2.36. The number of amides is 1. The van der Waals surface area contributed by atoms with Gasteiger partial charge >= 0.3 is 0 Å². The van der Waals surface area contributed by atoms with E-state index in [4.69, 9.17) is 11.6 Å². The molecular formula is C20H23ClFN3O. The van der Waals surface area contributed by atoms with E-state index in [1.807, 2.05) is 30.3 Å². The molecule has 1 aliphatic heterocycles. The second-order valence-electron chi connectivity index (χ2n) is 6.42. The van der Waals surface area contributed by atoms with Gasteiger partial charge in [0.05, 0.1) is 6.42 Å². The van der Waals surface area contributed by atoms with Crippen LogP contribution < -0.4 is 10.2 Å². The van der Waals surface area contributed by atoms with Crippen molar-refractivity contribution < 1.29 is 9.18 Å². The third kappa shape index (κ3) is 5.19. The van der Waals surface area contributed by atoms with Crippen LogP contribution in [0.5, 0.6) is 0 Å². The van der Waals surface area contributed by atoms with Crippen molar-refractivity contribution in [3.8, 4) is 0 Å². The first kappa shape index (κ1) is 18.7. The highest BCUT2D eigenvalue weighted by molar-refractivity contribution is 6.31. The van der Waals surface area contributed by atoms with Gasteiger partial charge in [-0.2, -0.15) is 0 Å². The number of carbonyl (C=O) groups excluding carboxylic acids is 1. The molecule has 138 valence electrons. The van der Waals surface area contributed by atoms with Crippen LogP contribution in [0.3, 0.4) is 0 Å². The number of benzene rings is 2. The second kappa shape index (κ2) is 9.01. The molecule has 2 aromatic rings. The van der Waals surface area contributed by atoms with Crippen molar-refractivity contribution in [2.45, 2.75) is 6.42 Å². The molecule has 1 heterocycles. The van der Waals surface area contributed by atoms with Crippen molar-refractivity contribution in [3.05, 3.63) is 64.9 Å². The fourth-order valence-electron chi connectivity index (χ4n) is 3.11. The van der Waals surface area contributed by atoms with Crippen LogP contribution in [0, 0.1) is 5.82 Å². The third-order valence-electron chi connectivity index (χ3n) is 4.62. The minimum atomic E-state index is -0.208. The van der Waals surface area contributed by atoms with Crippen molar-refractivity contribution in [3.63, 3.8) is 0 Å². The van der Waals surface area contributed by atoms with Gasteiger partial charge in [0.25, 0.3) is 0 Å². The molecule has 0 unspecified atom stereocenters. The van der Waals surface area contributed by atoms with Gasteiger partial charge in [0.1, 0.15) is 5.82 Å². The Morgan fingerprint density at radius 2 is 1.73 bits per heavy atom. The smallest absolute Gasteiger partial charge is 0.224 e. The zero-order valence-electron chi connectivity index (χ0n) is 14.6. The third-order valence-corrected chi connectivity index (χ3v) is 4.99. The molecule has 26 heavy (non-hydrogen) atoms. The Kier molecular flexibility index (Phi) is 6.47. The fraction of sp³-hybridized carbons (Fsp3) is 0.350. The molecule has 3 rings (SSSR count). The molecule has 1 aliphatic rings. The molecule has 0 saturated carbocycles. The predicted octanol–water partition coefficient (Wildman–Crippen LogP) is 2.96. The largest absolute Gasteiger partial charge is 0.369 e. The number of halogens is 2. The topological polar surface area (TPSA) is 35.6 Å². The van der Waals surface area contributed by atoms with Gasteiger partial charge in [0.2, 0.25) is 5.91 Å². The predicted molar refractivity (Wildman–Crippen MR) is 103 cm³/mol. The van der Waals surface area contributed by atoms with E-state index in [0.717, 1.165) is 44.0 Å². The molecule has 0 aliphatic carbocycles. The average molecular weight is 376 g/mol. The SMILES string of the molecule is O=C(Cc1ccccc1Cl)NCCN1CCN(c2ccc(F)cc2)CC1. The number of hydrogen-bond acceptors (Lipinski definition) is 3. The number of rotatable bonds is 6. The molecule has 4 nitrogen and oxygen atoms in total. The van der Waals surface area contributed by atoms with Crippen molar-refractivity contribution in [2.75, 3.05) is 44.2 Å². The number of nitrogens with zero attached hydrogens (tertiary/aromatic N) is 2. The maximum absolute atomic E-state index is 13.0. The minimum absolute atomic E-state index is 0.0111. The molecule has 0 atom stereocenters. The van der Waals surface area contributed by atoms with E-state index in [2.05, 4.69) is 15.1 Å². The molecule has 0 bridgehead atoms. The molecule has 6 heteroatoms. The summed E-state index contributed by atoms with van der Waals surface area (Å²) in [6, 6.07) is 14.0. The second-order valence-corrected chi connectivity index (χ2v) is 6.83. The van der Waals surface area contributed by atoms with Gasteiger partial charge in [-0.25, -0.2) is 4.39 Å². The van der Waals surface area contributed by atoms with Gasteiger partial charge in [-0.1, -0.05) is 29.8 Å². The molecule has 0 spiro atoms. The van der Waals surface area contributed by atoms with Crippen LogP contribution in [0.4, 0.5) is 10.1 Å². The summed E-state index contributed by atoms with van der Waals surface area (Å²) >= 11 is 6.08. The molecule has 2 aromatic carbocycles. The molecule has 0 radical (unpaired) electrons. The maximum Gasteiger partial charge on any atom is 0.224 e. The Hall–Kier alpha value is -2.11. The first-order chi connectivity index (χ1) is 12.6. The Morgan fingerprint density at radius 3 is 2.42 bits per heavy atom. The summed E-state index contributed by atoms with van der Waals surface area (Å²) in [5.74, 6) is -0.219. The van der Waals surface area contributed by atoms with E-state index in [1.54, 1.807) is 6.07 Å². The summed E-state index contributed by atoms with van der Waals surface area (Å²) in [4.78, 5) is 16.6. The fourth-order valence-corrected chi connectivity index (χ4v) is 3.31. The normalized spacial score (nSPS) is 15.1. The summed E-state index contributed by atoms with van der Waals surface area (Å²) in [5.41, 5.74) is 1.90. The van der Waals surface area contributed by atoms with Crippen LogP contribution in [0.15, 0.2) is 48.5 Å². The highest BCUT2D eigenvalue weighted by Crippen LogP contribution is 2.17. The van der Waals surface area contributed by atoms with E-state index in [1.165, 1.54) is 12.1 Å². The van der Waals surface area contributed by atoms with Crippen LogP contribution in [0.25, 0.3) is 0 Å². The Bertz CT molecular complexity index is 730. The van der Waals surface area contributed by atoms with E-state index >= 15 is 0 Å². The number of hydrogen-bond donors (Lipinski definition) is 1. The monoisotopic (exact) mass is 375 g/mol. The van der Waals surface area contributed by atoms with Crippen molar-refractivity contribution in [2.24, 2.45) is 0 Å². The zero-order valence-corrected chi connectivity index (χ0v) is 15.4. The summed E-state index contributed by atoms with van der Waals surface area (Å²) in [7, 11) is 0. The number of anilines is 1. The van der Waals surface area contributed by atoms with Crippen LogP contribution in [0.1, 0.15) is 5.56 Å². The van der Waals surface area contributed by atoms with Crippen molar-refractivity contribution in [1.82, 2.24) is 10.2 Å². The maximum atomic E-state index is 13.0. The Balaban J connectivity index is 1.37. The minimum Gasteiger partial charge on any atom is -0.369 e. The number of nitrogens with one attached hydrogen (secondary N) is 1. The zero-order chi connectivity index (χ0) is 18.4. The summed E-state index contributed by atoms with van der Waals surface area (Å²) in [5, 5.41) is 3.58. The molecule has 1 N–H and O–H groups in total. The average Bonchev–Trinajstić information content (AvgIpc) is 2.65. The molecule has 0 aromatic heterocycles. The van der Waals surface area contributed by atoms with Gasteiger partial charge in [0.15, 0.2) is 0 Å². The van der Waals surface area contributed by atoms with Gasteiger partial charge in [-0.3, -0.25) is 9.69 Å². The van der Waals surface area contributed by atoms with E-state index in [-0.39, 0.29) is 11.7 Å². The molecule has 1 fully saturated rings. The lowest BCUT2D eigenvalue weighted by Crippen LogP contribution is -2.48. The number of carbonyl (C=O) groups is 1. The van der Waals surface area contributed by atoms with Crippen LogP contribution in [-0.2, 0) is 11.2 Å². The highest BCUT2D eigenvalue weighted by atomic mass is 35.5. The van der Waals surface area contributed by atoms with Crippen LogP contribution >= 0.6 is 11.6 Å². The van der Waals surface area contributed by atoms with Crippen molar-refractivity contribution in [1.29, 1.82) is 0 Å². The van der Waals surface area contributed by atoms with E-state index in [9.17, 15) is 9.18 Å². The first-order valence-corrected chi connectivity index (χ1v) is 9.22. The summed E-state index contributed by atoms with van der Waals surface area (Å²) < 4.78 is 13.0. The standard InChI is InChI=1S/C20H23ClFN3O/c21-19-4-2-1-3-16(19)15-20(26)23-9-10-24-11-13-25(14-12-24)18-7-5-17(22)6-8-18/h1-8H,9-15H2,(H,23,26). The van der Waals surface area contributed by atoms with Crippen LogP contribution in [0.2, 0.25) is 5.02 Å². The summed E-state index contributed by atoms with van der Waals surface area (Å²) in [6.45, 7) is 5.11. The van der Waals surface area contributed by atoms with Gasteiger partial charge < -0.3 is 10.2 Å². The van der Waals surface area contributed by atoms with E-state index in [0.29, 0.717) is 18.0 Å². The van der Waals surface area contributed by atoms with Gasteiger partial charge in [-0.05, 0) is 35.9 Å².